The maximum Gasteiger partial charge on any atom is 0.0594 e. The van der Waals surface area contributed by atoms with Crippen molar-refractivity contribution in [3.05, 3.63) is 0 Å². The van der Waals surface area contributed by atoms with Gasteiger partial charge < -0.3 is 15.0 Å². The highest BCUT2D eigenvalue weighted by molar-refractivity contribution is 4.87. The Morgan fingerprint density at radius 2 is 1.90 bits per heavy atom. The Kier molecular flexibility index (Phi) is 6.48. The predicted molar refractivity (Wildman–Crippen MR) is 88.7 cm³/mol. The Hall–Kier alpha value is -0.160. The molecule has 1 N–H and O–H groups in total. The first kappa shape index (κ1) is 17.2. The second-order valence-electron chi connectivity index (χ2n) is 8.01. The van der Waals surface area contributed by atoms with Crippen molar-refractivity contribution in [3.63, 3.8) is 0 Å². The molecule has 2 saturated heterocycles. The summed E-state index contributed by atoms with van der Waals surface area (Å²) in [5, 5.41) is 3.62. The zero-order valence-corrected chi connectivity index (χ0v) is 14.5. The van der Waals surface area contributed by atoms with Gasteiger partial charge in [-0.1, -0.05) is 27.7 Å². The summed E-state index contributed by atoms with van der Waals surface area (Å²) in [5.41, 5.74) is 0.356. The molecule has 0 aromatic heterocycles. The molecule has 2 aliphatic heterocycles. The van der Waals surface area contributed by atoms with Gasteiger partial charge in [0.05, 0.1) is 13.2 Å². The molecule has 0 aliphatic carbocycles. The van der Waals surface area contributed by atoms with Gasteiger partial charge in [-0.15, -0.1) is 0 Å². The van der Waals surface area contributed by atoms with Crippen LogP contribution >= 0.6 is 0 Å². The normalized spacial score (nSPS) is 25.9. The number of nitrogens with zero attached hydrogens (tertiary/aromatic N) is 2. The van der Waals surface area contributed by atoms with Crippen LogP contribution in [-0.4, -0.2) is 74.9 Å². The summed E-state index contributed by atoms with van der Waals surface area (Å²) in [4.78, 5) is 5.30. The third-order valence-electron chi connectivity index (χ3n) is 4.62. The average Bonchev–Trinajstić information content (AvgIpc) is 2.86. The predicted octanol–water partition coefficient (Wildman–Crippen LogP) is 1.66. The molecule has 0 saturated carbocycles. The fraction of sp³-hybridized carbons (Fsp3) is 1.00. The highest BCUT2D eigenvalue weighted by atomic mass is 16.5. The number of hydrogen-bond donors (Lipinski definition) is 1. The highest BCUT2D eigenvalue weighted by Crippen LogP contribution is 2.22. The molecule has 2 heterocycles. The van der Waals surface area contributed by atoms with Crippen LogP contribution in [0.1, 0.15) is 34.1 Å². The summed E-state index contributed by atoms with van der Waals surface area (Å²) in [6, 6.07) is 0.758. The van der Waals surface area contributed by atoms with Gasteiger partial charge in [0.15, 0.2) is 0 Å². The van der Waals surface area contributed by atoms with E-state index in [1.54, 1.807) is 0 Å². The molecular weight excluding hydrogens is 262 g/mol. The van der Waals surface area contributed by atoms with Gasteiger partial charge in [0.25, 0.3) is 0 Å². The largest absolute Gasteiger partial charge is 0.379 e. The van der Waals surface area contributed by atoms with E-state index in [4.69, 9.17) is 4.74 Å². The fourth-order valence-corrected chi connectivity index (χ4v) is 3.56. The molecule has 4 nitrogen and oxygen atoms in total. The number of likely N-dealkylation sites (tertiary alicyclic amines) is 1. The number of morpholine rings is 1. The summed E-state index contributed by atoms with van der Waals surface area (Å²) in [6.45, 7) is 19.4. The standard InChI is InChI=1S/C17H35N3O/c1-15(2)11-18-13-17(3,4)14-19-6-5-16(12-19)20-7-9-21-10-8-20/h15-16,18H,5-14H2,1-4H3. The van der Waals surface area contributed by atoms with Crippen LogP contribution in [0.5, 0.6) is 0 Å². The maximum atomic E-state index is 5.47. The van der Waals surface area contributed by atoms with Gasteiger partial charge in [-0.25, -0.2) is 0 Å². The van der Waals surface area contributed by atoms with E-state index in [2.05, 4.69) is 42.8 Å². The molecule has 0 amide bonds. The first-order valence-corrected chi connectivity index (χ1v) is 8.71. The van der Waals surface area contributed by atoms with Crippen molar-refractivity contribution in [1.29, 1.82) is 0 Å². The van der Waals surface area contributed by atoms with Crippen molar-refractivity contribution >= 4 is 0 Å². The molecule has 0 radical (unpaired) electrons. The lowest BCUT2D eigenvalue weighted by molar-refractivity contribution is 0.0178. The van der Waals surface area contributed by atoms with Crippen LogP contribution in [0.3, 0.4) is 0 Å². The summed E-state index contributed by atoms with van der Waals surface area (Å²) >= 11 is 0. The second kappa shape index (κ2) is 7.91. The van der Waals surface area contributed by atoms with Crippen LogP contribution in [0, 0.1) is 11.3 Å². The van der Waals surface area contributed by atoms with Gasteiger partial charge >= 0.3 is 0 Å². The minimum absolute atomic E-state index is 0.356. The second-order valence-corrected chi connectivity index (χ2v) is 8.01. The first-order chi connectivity index (χ1) is 9.96. The molecule has 4 heteroatoms. The summed E-state index contributed by atoms with van der Waals surface area (Å²) in [6.07, 6.45) is 1.33. The van der Waals surface area contributed by atoms with Crippen molar-refractivity contribution in [1.82, 2.24) is 15.1 Å². The molecule has 0 spiro atoms. The van der Waals surface area contributed by atoms with Crippen LogP contribution in [-0.2, 0) is 4.74 Å². The Morgan fingerprint density at radius 1 is 1.19 bits per heavy atom. The lowest BCUT2D eigenvalue weighted by Crippen LogP contribution is -2.46. The Balaban J connectivity index is 1.70. The molecule has 0 aromatic carbocycles. The van der Waals surface area contributed by atoms with Gasteiger partial charge in [0.2, 0.25) is 0 Å². The van der Waals surface area contributed by atoms with E-state index < -0.39 is 0 Å². The van der Waals surface area contributed by atoms with Crippen molar-refractivity contribution in [3.8, 4) is 0 Å². The number of nitrogens with one attached hydrogen (secondary N) is 1. The lowest BCUT2D eigenvalue weighted by Gasteiger charge is -2.34. The van der Waals surface area contributed by atoms with Crippen LogP contribution in [0.25, 0.3) is 0 Å². The van der Waals surface area contributed by atoms with E-state index in [0.717, 1.165) is 51.4 Å². The molecular formula is C17H35N3O. The monoisotopic (exact) mass is 297 g/mol. The first-order valence-electron chi connectivity index (χ1n) is 8.71. The molecule has 21 heavy (non-hydrogen) atoms. The van der Waals surface area contributed by atoms with Gasteiger partial charge in [-0.05, 0) is 30.8 Å². The van der Waals surface area contributed by atoms with Gasteiger partial charge in [0, 0.05) is 38.8 Å². The van der Waals surface area contributed by atoms with Crippen LogP contribution in [0.2, 0.25) is 0 Å². The van der Waals surface area contributed by atoms with E-state index >= 15 is 0 Å². The number of ether oxygens (including phenoxy) is 1. The highest BCUT2D eigenvalue weighted by Gasteiger charge is 2.31. The summed E-state index contributed by atoms with van der Waals surface area (Å²) < 4.78 is 5.47. The van der Waals surface area contributed by atoms with Gasteiger partial charge in [0.1, 0.15) is 0 Å². The zero-order valence-electron chi connectivity index (χ0n) is 14.5. The molecule has 0 aromatic rings. The smallest absolute Gasteiger partial charge is 0.0594 e. The van der Waals surface area contributed by atoms with Gasteiger partial charge in [-0.2, -0.15) is 0 Å². The van der Waals surface area contributed by atoms with Crippen LogP contribution in [0.4, 0.5) is 0 Å². The number of rotatable bonds is 7. The van der Waals surface area contributed by atoms with Gasteiger partial charge in [-0.3, -0.25) is 4.90 Å². The molecule has 2 aliphatic rings. The van der Waals surface area contributed by atoms with E-state index in [1.807, 2.05) is 0 Å². The lowest BCUT2D eigenvalue weighted by atomic mass is 9.92. The molecule has 2 fully saturated rings. The summed E-state index contributed by atoms with van der Waals surface area (Å²) in [5.74, 6) is 0.735. The molecule has 1 atom stereocenters. The van der Waals surface area contributed by atoms with E-state index in [0.29, 0.717) is 5.41 Å². The van der Waals surface area contributed by atoms with Crippen molar-refractivity contribution in [2.45, 2.75) is 40.2 Å². The summed E-state index contributed by atoms with van der Waals surface area (Å²) in [7, 11) is 0. The Bertz CT molecular complexity index is 300. The average molecular weight is 297 g/mol. The van der Waals surface area contributed by atoms with E-state index in [-0.39, 0.29) is 0 Å². The van der Waals surface area contributed by atoms with Crippen molar-refractivity contribution in [2.24, 2.45) is 11.3 Å². The SMILES string of the molecule is CC(C)CNCC(C)(C)CN1CCC(N2CCOCC2)C1. The Labute approximate surface area is 131 Å². The van der Waals surface area contributed by atoms with Crippen molar-refractivity contribution < 1.29 is 4.74 Å². The van der Waals surface area contributed by atoms with Crippen LogP contribution in [0.15, 0.2) is 0 Å². The molecule has 1 unspecified atom stereocenters. The zero-order chi connectivity index (χ0) is 15.3. The number of hydrogen-bond acceptors (Lipinski definition) is 4. The fourth-order valence-electron chi connectivity index (χ4n) is 3.56. The topological polar surface area (TPSA) is 27.7 Å². The minimum Gasteiger partial charge on any atom is -0.379 e. The molecule has 2 rings (SSSR count). The van der Waals surface area contributed by atoms with E-state index in [1.165, 1.54) is 26.1 Å². The molecule has 0 bridgehead atoms. The molecule has 124 valence electrons. The Morgan fingerprint density at radius 3 is 2.57 bits per heavy atom. The third-order valence-corrected chi connectivity index (χ3v) is 4.62. The quantitative estimate of drug-likeness (QED) is 0.773. The van der Waals surface area contributed by atoms with Crippen LogP contribution < -0.4 is 5.32 Å². The maximum absolute atomic E-state index is 5.47. The van der Waals surface area contributed by atoms with Crippen molar-refractivity contribution in [2.75, 3.05) is 59.0 Å². The van der Waals surface area contributed by atoms with E-state index in [9.17, 15) is 0 Å². The third kappa shape index (κ3) is 5.85. The minimum atomic E-state index is 0.356.